The molecule has 3 heteroatoms. The highest BCUT2D eigenvalue weighted by Crippen LogP contribution is 2.38. The summed E-state index contributed by atoms with van der Waals surface area (Å²) in [6.07, 6.45) is 2.43. The van der Waals surface area contributed by atoms with Gasteiger partial charge in [0.1, 0.15) is 11.6 Å². The molecule has 1 aliphatic carbocycles. The predicted octanol–water partition coefficient (Wildman–Crippen LogP) is 2.23. The highest BCUT2D eigenvalue weighted by atomic mass is 15.0. The second-order valence-electron chi connectivity index (χ2n) is 5.06. The van der Waals surface area contributed by atoms with E-state index in [-0.39, 0.29) is 5.41 Å². The van der Waals surface area contributed by atoms with Gasteiger partial charge in [-0.2, -0.15) is 0 Å². The number of rotatable bonds is 1. The van der Waals surface area contributed by atoms with Crippen molar-refractivity contribution < 1.29 is 0 Å². The molecule has 1 saturated carbocycles. The second-order valence-corrected chi connectivity index (χ2v) is 5.06. The number of nitrogens with two attached hydrogens (primary N) is 1. The first-order valence-corrected chi connectivity index (χ1v) is 5.12. The van der Waals surface area contributed by atoms with Gasteiger partial charge in [-0.3, -0.25) is 0 Å². The lowest BCUT2D eigenvalue weighted by molar-refractivity contribution is 0.562. The zero-order valence-electron chi connectivity index (χ0n) is 9.04. The minimum atomic E-state index is 0.0563. The molecule has 1 fully saturated rings. The van der Waals surface area contributed by atoms with Gasteiger partial charge in [0.2, 0.25) is 0 Å². The first-order chi connectivity index (χ1) is 6.47. The summed E-state index contributed by atoms with van der Waals surface area (Å²) in [6, 6.07) is 1.88. The van der Waals surface area contributed by atoms with Gasteiger partial charge in [-0.15, -0.1) is 0 Å². The number of hydrogen-bond acceptors (Lipinski definition) is 3. The summed E-state index contributed by atoms with van der Waals surface area (Å²) in [5.74, 6) is 2.11. The van der Waals surface area contributed by atoms with Crippen LogP contribution in [0.15, 0.2) is 6.07 Å². The van der Waals surface area contributed by atoms with Crippen LogP contribution in [-0.2, 0) is 5.41 Å². The fraction of sp³-hybridized carbons (Fsp3) is 0.636. The molecule has 3 nitrogen and oxygen atoms in total. The third-order valence-corrected chi connectivity index (χ3v) is 2.47. The molecule has 0 atom stereocenters. The van der Waals surface area contributed by atoms with Crippen LogP contribution in [0.2, 0.25) is 0 Å². The van der Waals surface area contributed by atoms with Crippen LogP contribution in [0.4, 0.5) is 5.82 Å². The molecule has 0 aromatic carbocycles. The van der Waals surface area contributed by atoms with Gasteiger partial charge < -0.3 is 5.73 Å². The third-order valence-electron chi connectivity index (χ3n) is 2.47. The monoisotopic (exact) mass is 191 g/mol. The van der Waals surface area contributed by atoms with Crippen molar-refractivity contribution >= 4 is 5.82 Å². The molecule has 0 spiro atoms. The summed E-state index contributed by atoms with van der Waals surface area (Å²) in [5, 5.41) is 0. The van der Waals surface area contributed by atoms with Crippen LogP contribution in [0.1, 0.15) is 51.0 Å². The van der Waals surface area contributed by atoms with Crippen LogP contribution in [-0.4, -0.2) is 9.97 Å². The first-order valence-electron chi connectivity index (χ1n) is 5.12. The molecule has 0 amide bonds. The Labute approximate surface area is 84.8 Å². The maximum atomic E-state index is 5.77. The van der Waals surface area contributed by atoms with Crippen LogP contribution >= 0.6 is 0 Å². The molecule has 14 heavy (non-hydrogen) atoms. The first kappa shape index (κ1) is 9.44. The maximum Gasteiger partial charge on any atom is 0.134 e. The molecule has 1 heterocycles. The lowest BCUT2D eigenvalue weighted by Gasteiger charge is -2.18. The van der Waals surface area contributed by atoms with E-state index in [4.69, 9.17) is 5.73 Å². The number of aromatic nitrogens is 2. The highest BCUT2D eigenvalue weighted by molar-refractivity contribution is 5.33. The van der Waals surface area contributed by atoms with Crippen molar-refractivity contribution in [2.45, 2.75) is 44.9 Å². The van der Waals surface area contributed by atoms with Crippen molar-refractivity contribution in [2.75, 3.05) is 5.73 Å². The summed E-state index contributed by atoms with van der Waals surface area (Å²) in [5.41, 5.74) is 6.87. The molecule has 0 radical (unpaired) electrons. The summed E-state index contributed by atoms with van der Waals surface area (Å²) >= 11 is 0. The van der Waals surface area contributed by atoms with E-state index >= 15 is 0 Å². The van der Waals surface area contributed by atoms with Crippen molar-refractivity contribution in [3.63, 3.8) is 0 Å². The maximum absolute atomic E-state index is 5.77. The van der Waals surface area contributed by atoms with Crippen LogP contribution in [0.3, 0.4) is 0 Å². The summed E-state index contributed by atoms with van der Waals surface area (Å²) in [4.78, 5) is 8.85. The van der Waals surface area contributed by atoms with Crippen LogP contribution < -0.4 is 5.73 Å². The third kappa shape index (κ3) is 1.86. The lowest BCUT2D eigenvalue weighted by Crippen LogP contribution is -2.16. The molecular weight excluding hydrogens is 174 g/mol. The summed E-state index contributed by atoms with van der Waals surface area (Å²) in [6.45, 7) is 6.43. The van der Waals surface area contributed by atoms with E-state index in [2.05, 4.69) is 30.7 Å². The average Bonchev–Trinajstić information content (AvgIpc) is 2.83. The van der Waals surface area contributed by atoms with E-state index in [9.17, 15) is 0 Å². The molecule has 0 saturated heterocycles. The van der Waals surface area contributed by atoms with Crippen LogP contribution in [0.5, 0.6) is 0 Å². The van der Waals surface area contributed by atoms with Gasteiger partial charge in [-0.05, 0) is 12.8 Å². The van der Waals surface area contributed by atoms with E-state index in [0.29, 0.717) is 11.7 Å². The fourth-order valence-corrected chi connectivity index (χ4v) is 1.39. The normalized spacial score (nSPS) is 17.1. The van der Waals surface area contributed by atoms with Gasteiger partial charge in [0.05, 0.1) is 5.69 Å². The van der Waals surface area contributed by atoms with Crippen molar-refractivity contribution in [3.8, 4) is 0 Å². The predicted molar refractivity (Wildman–Crippen MR) is 57.1 cm³/mol. The highest BCUT2D eigenvalue weighted by Gasteiger charge is 2.28. The number of anilines is 1. The van der Waals surface area contributed by atoms with Gasteiger partial charge in [-0.1, -0.05) is 20.8 Å². The van der Waals surface area contributed by atoms with Gasteiger partial charge in [0, 0.05) is 17.4 Å². The van der Waals surface area contributed by atoms with Crippen molar-refractivity contribution in [2.24, 2.45) is 0 Å². The number of nitrogen functional groups attached to an aromatic ring is 1. The average molecular weight is 191 g/mol. The lowest BCUT2D eigenvalue weighted by atomic mass is 9.92. The number of hydrogen-bond donors (Lipinski definition) is 1. The summed E-state index contributed by atoms with van der Waals surface area (Å²) < 4.78 is 0. The zero-order chi connectivity index (χ0) is 10.3. The standard InChI is InChI=1S/C11H17N3/c1-11(2,3)8-6-9(12)14-10(13-8)7-4-5-7/h6-7H,4-5H2,1-3H3,(H2,12,13,14). The largest absolute Gasteiger partial charge is 0.384 e. The summed E-state index contributed by atoms with van der Waals surface area (Å²) in [7, 11) is 0. The fourth-order valence-electron chi connectivity index (χ4n) is 1.39. The Kier molecular flexibility index (Phi) is 1.98. The van der Waals surface area contributed by atoms with Crippen LogP contribution in [0, 0.1) is 0 Å². The Morgan fingerprint density at radius 2 is 1.93 bits per heavy atom. The topological polar surface area (TPSA) is 51.8 Å². The minimum Gasteiger partial charge on any atom is -0.384 e. The van der Waals surface area contributed by atoms with E-state index in [1.807, 2.05) is 6.07 Å². The smallest absolute Gasteiger partial charge is 0.134 e. The Balaban J connectivity index is 2.41. The van der Waals surface area contributed by atoms with Crippen LogP contribution in [0.25, 0.3) is 0 Å². The molecule has 2 N–H and O–H groups in total. The minimum absolute atomic E-state index is 0.0563. The Morgan fingerprint density at radius 3 is 2.43 bits per heavy atom. The van der Waals surface area contributed by atoms with Gasteiger partial charge in [-0.25, -0.2) is 9.97 Å². The zero-order valence-corrected chi connectivity index (χ0v) is 9.04. The van der Waals surface area contributed by atoms with Crippen molar-refractivity contribution in [1.29, 1.82) is 0 Å². The second kappa shape index (κ2) is 2.94. The van der Waals surface area contributed by atoms with Gasteiger partial charge in [0.25, 0.3) is 0 Å². The molecule has 1 aliphatic rings. The molecule has 2 rings (SSSR count). The van der Waals surface area contributed by atoms with Gasteiger partial charge in [0.15, 0.2) is 0 Å². The molecule has 76 valence electrons. The molecular formula is C11H17N3. The quantitative estimate of drug-likeness (QED) is 0.740. The van der Waals surface area contributed by atoms with Crippen molar-refractivity contribution in [1.82, 2.24) is 9.97 Å². The SMILES string of the molecule is CC(C)(C)c1cc(N)nc(C2CC2)n1. The van der Waals surface area contributed by atoms with E-state index in [1.165, 1.54) is 12.8 Å². The Bertz CT molecular complexity index is 348. The molecule has 0 unspecified atom stereocenters. The molecule has 1 aromatic heterocycles. The van der Waals surface area contributed by atoms with E-state index in [0.717, 1.165) is 11.5 Å². The van der Waals surface area contributed by atoms with Gasteiger partial charge >= 0.3 is 0 Å². The van der Waals surface area contributed by atoms with Crippen molar-refractivity contribution in [3.05, 3.63) is 17.6 Å². The Morgan fingerprint density at radius 1 is 1.29 bits per heavy atom. The molecule has 0 aliphatic heterocycles. The molecule has 0 bridgehead atoms. The van der Waals surface area contributed by atoms with E-state index < -0.39 is 0 Å². The molecule has 1 aromatic rings. The number of nitrogens with zero attached hydrogens (tertiary/aromatic N) is 2. The Hall–Kier alpha value is -1.12. The van der Waals surface area contributed by atoms with E-state index in [1.54, 1.807) is 0 Å².